The third-order valence-electron chi connectivity index (χ3n) is 6.21. The van der Waals surface area contributed by atoms with Gasteiger partial charge in [0.1, 0.15) is 5.82 Å². The normalized spacial score (nSPS) is 14.4. The summed E-state index contributed by atoms with van der Waals surface area (Å²) in [5.41, 5.74) is 1.95. The summed E-state index contributed by atoms with van der Waals surface area (Å²) >= 11 is 1.60. The second-order valence-electron chi connectivity index (χ2n) is 8.97. The number of nitrogens with zero attached hydrogens (tertiary/aromatic N) is 5. The van der Waals surface area contributed by atoms with E-state index in [4.69, 9.17) is 4.74 Å². The minimum absolute atomic E-state index is 0.0184. The zero-order chi connectivity index (χ0) is 25.5. The summed E-state index contributed by atoms with van der Waals surface area (Å²) in [6.07, 6.45) is 0. The fraction of sp³-hybridized carbons (Fsp3) is 0.240. The number of piperazine rings is 1. The van der Waals surface area contributed by atoms with E-state index in [0.29, 0.717) is 36.2 Å². The number of aromatic amines is 2. The molecule has 0 spiro atoms. The predicted molar refractivity (Wildman–Crippen MR) is 140 cm³/mol. The molecular weight excluding hydrogens is 498 g/mol. The van der Waals surface area contributed by atoms with E-state index in [-0.39, 0.29) is 11.3 Å². The van der Waals surface area contributed by atoms with Gasteiger partial charge in [0.2, 0.25) is 17.6 Å². The molecule has 12 heteroatoms. The van der Waals surface area contributed by atoms with E-state index in [0.717, 1.165) is 29.4 Å². The number of thiophene rings is 1. The highest BCUT2D eigenvalue weighted by molar-refractivity contribution is 7.13. The van der Waals surface area contributed by atoms with Gasteiger partial charge in [-0.1, -0.05) is 6.07 Å². The highest BCUT2D eigenvalue weighted by Crippen LogP contribution is 2.34. The Kier molecular flexibility index (Phi) is 5.97. The van der Waals surface area contributed by atoms with Crippen molar-refractivity contribution in [2.75, 3.05) is 43.4 Å². The van der Waals surface area contributed by atoms with Crippen molar-refractivity contribution >= 4 is 39.8 Å². The second-order valence-corrected chi connectivity index (χ2v) is 9.92. The fourth-order valence-electron chi connectivity index (χ4n) is 4.28. The number of anilines is 3. The van der Waals surface area contributed by atoms with Crippen molar-refractivity contribution in [3.63, 3.8) is 0 Å². The molecule has 0 unspecified atom stereocenters. The average molecular weight is 523 g/mol. The van der Waals surface area contributed by atoms with E-state index >= 15 is 4.39 Å². The highest BCUT2D eigenvalue weighted by atomic mass is 32.1. The number of rotatable bonds is 6. The van der Waals surface area contributed by atoms with E-state index in [1.807, 2.05) is 28.5 Å². The van der Waals surface area contributed by atoms with E-state index in [1.54, 1.807) is 24.3 Å². The van der Waals surface area contributed by atoms with Crippen molar-refractivity contribution in [3.8, 4) is 22.2 Å². The molecule has 0 amide bonds. The number of fused-ring (bicyclic) bond motifs is 1. The number of likely N-dealkylation sites (N-methyl/N-ethyl adjacent to an activating group) is 1. The largest absolute Gasteiger partial charge is 0.433 e. The quantitative estimate of drug-likeness (QED) is 0.279. The molecule has 0 radical (unpaired) electrons. The third kappa shape index (κ3) is 4.72. The Morgan fingerprint density at radius 1 is 1.05 bits per heavy atom. The van der Waals surface area contributed by atoms with Crippen LogP contribution in [0.2, 0.25) is 0 Å². The van der Waals surface area contributed by atoms with Crippen LogP contribution < -0.4 is 15.0 Å². The van der Waals surface area contributed by atoms with Gasteiger partial charge < -0.3 is 24.8 Å². The maximum atomic E-state index is 15.2. The Labute approximate surface area is 215 Å². The molecule has 37 heavy (non-hydrogen) atoms. The molecule has 1 fully saturated rings. The first-order chi connectivity index (χ1) is 17.9. The summed E-state index contributed by atoms with van der Waals surface area (Å²) in [6, 6.07) is 10.2. The number of benzene rings is 1. The molecule has 1 aliphatic heterocycles. The lowest BCUT2D eigenvalue weighted by molar-refractivity contribution is 0.310. The van der Waals surface area contributed by atoms with Crippen LogP contribution in [0.1, 0.15) is 5.69 Å². The molecular formula is C25H24F2N8OS. The summed E-state index contributed by atoms with van der Waals surface area (Å²) in [5.74, 6) is -0.774. The van der Waals surface area contributed by atoms with Gasteiger partial charge in [0.15, 0.2) is 17.5 Å². The standard InChI is InChI=1S/C25H24F2N8OS/c1-14-10-15-17(28-14)11-16(26)24(23(15)27)36-22-13-20(30-25(31-22)35-7-5-34(2)6-8-35)29-21-12-18(32-33-21)19-4-3-9-37-19/h3-4,9-13,28H,5-8H2,1-2H3,(H2,29,30,31,32,33). The van der Waals surface area contributed by atoms with Crippen LogP contribution in [0.25, 0.3) is 21.5 Å². The van der Waals surface area contributed by atoms with Crippen LogP contribution in [0.4, 0.5) is 26.4 Å². The minimum atomic E-state index is -0.825. The highest BCUT2D eigenvalue weighted by Gasteiger charge is 2.22. The van der Waals surface area contributed by atoms with Crippen LogP contribution in [-0.4, -0.2) is 63.3 Å². The molecule has 4 aromatic heterocycles. The van der Waals surface area contributed by atoms with Gasteiger partial charge in [0.25, 0.3) is 0 Å². The van der Waals surface area contributed by atoms with Crippen LogP contribution in [-0.2, 0) is 0 Å². The minimum Gasteiger partial charge on any atom is -0.433 e. The van der Waals surface area contributed by atoms with Gasteiger partial charge in [-0.05, 0) is 31.5 Å². The first kappa shape index (κ1) is 23.4. The Morgan fingerprint density at radius 3 is 2.68 bits per heavy atom. The second kappa shape index (κ2) is 9.45. The molecule has 0 atom stereocenters. The SMILES string of the molecule is Cc1cc2c(F)c(Oc3cc(Nc4cc(-c5cccs5)[nH]n4)nc(N4CCN(C)CC4)n3)c(F)cc2[nH]1. The Balaban J connectivity index is 1.35. The van der Waals surface area contributed by atoms with Crippen molar-refractivity contribution in [2.24, 2.45) is 0 Å². The molecule has 9 nitrogen and oxygen atoms in total. The van der Waals surface area contributed by atoms with Gasteiger partial charge in [0, 0.05) is 55.5 Å². The molecule has 5 aromatic rings. The van der Waals surface area contributed by atoms with Gasteiger partial charge in [-0.3, -0.25) is 5.10 Å². The average Bonchev–Trinajstić information content (AvgIpc) is 3.63. The monoisotopic (exact) mass is 522 g/mol. The summed E-state index contributed by atoms with van der Waals surface area (Å²) < 4.78 is 35.9. The molecule has 0 aliphatic carbocycles. The van der Waals surface area contributed by atoms with Crippen LogP contribution in [0.15, 0.2) is 41.8 Å². The lowest BCUT2D eigenvalue weighted by atomic mass is 10.2. The van der Waals surface area contributed by atoms with Crippen LogP contribution in [0.3, 0.4) is 0 Å². The lowest BCUT2D eigenvalue weighted by Crippen LogP contribution is -2.45. The van der Waals surface area contributed by atoms with Crippen molar-refractivity contribution in [3.05, 3.63) is 59.1 Å². The van der Waals surface area contributed by atoms with E-state index in [9.17, 15) is 4.39 Å². The predicted octanol–water partition coefficient (Wildman–Crippen LogP) is 5.28. The molecule has 190 valence electrons. The maximum Gasteiger partial charge on any atom is 0.230 e. The Bertz CT molecular complexity index is 1560. The summed E-state index contributed by atoms with van der Waals surface area (Å²) in [5, 5.41) is 12.7. The molecule has 1 saturated heterocycles. The van der Waals surface area contributed by atoms with Crippen LogP contribution in [0, 0.1) is 18.6 Å². The summed E-state index contributed by atoms with van der Waals surface area (Å²) in [6.45, 7) is 4.88. The number of halogens is 2. The van der Waals surface area contributed by atoms with E-state index < -0.39 is 17.4 Å². The summed E-state index contributed by atoms with van der Waals surface area (Å²) in [7, 11) is 2.05. The van der Waals surface area contributed by atoms with Crippen molar-refractivity contribution in [1.29, 1.82) is 0 Å². The molecule has 3 N–H and O–H groups in total. The molecule has 0 bridgehead atoms. The van der Waals surface area contributed by atoms with E-state index in [1.165, 1.54) is 12.1 Å². The zero-order valence-electron chi connectivity index (χ0n) is 20.2. The van der Waals surface area contributed by atoms with Crippen molar-refractivity contribution in [2.45, 2.75) is 6.92 Å². The topological polar surface area (TPSA) is 98.0 Å². The smallest absolute Gasteiger partial charge is 0.230 e. The number of aryl methyl sites for hydroxylation is 1. The zero-order valence-corrected chi connectivity index (χ0v) is 21.0. The van der Waals surface area contributed by atoms with Crippen LogP contribution >= 0.6 is 11.3 Å². The molecule has 5 heterocycles. The Hall–Kier alpha value is -4.03. The van der Waals surface area contributed by atoms with E-state index in [2.05, 4.69) is 42.4 Å². The Morgan fingerprint density at radius 2 is 1.89 bits per heavy atom. The molecule has 1 aromatic carbocycles. The summed E-state index contributed by atoms with van der Waals surface area (Å²) in [4.78, 5) is 17.4. The number of ether oxygens (including phenoxy) is 1. The number of aromatic nitrogens is 5. The van der Waals surface area contributed by atoms with Crippen molar-refractivity contribution in [1.82, 2.24) is 30.0 Å². The van der Waals surface area contributed by atoms with Gasteiger partial charge in [-0.15, -0.1) is 11.3 Å². The maximum absolute atomic E-state index is 15.2. The molecule has 6 rings (SSSR count). The molecule has 0 saturated carbocycles. The first-order valence-corrected chi connectivity index (χ1v) is 12.6. The number of hydrogen-bond donors (Lipinski definition) is 3. The van der Waals surface area contributed by atoms with Crippen LogP contribution in [0.5, 0.6) is 11.6 Å². The lowest BCUT2D eigenvalue weighted by Gasteiger charge is -2.32. The fourth-order valence-corrected chi connectivity index (χ4v) is 4.97. The number of nitrogens with one attached hydrogen (secondary N) is 3. The number of H-pyrrole nitrogens is 2. The van der Waals surface area contributed by atoms with Gasteiger partial charge in [-0.25, -0.2) is 8.78 Å². The van der Waals surface area contributed by atoms with Crippen molar-refractivity contribution < 1.29 is 13.5 Å². The van der Waals surface area contributed by atoms with Gasteiger partial charge in [-0.2, -0.15) is 15.1 Å². The number of hydrogen-bond acceptors (Lipinski definition) is 8. The molecule has 1 aliphatic rings. The van der Waals surface area contributed by atoms with Gasteiger partial charge >= 0.3 is 0 Å². The van der Waals surface area contributed by atoms with Gasteiger partial charge in [0.05, 0.1) is 16.1 Å². The third-order valence-corrected chi connectivity index (χ3v) is 7.11. The first-order valence-electron chi connectivity index (χ1n) is 11.8.